The summed E-state index contributed by atoms with van der Waals surface area (Å²) in [6, 6.07) is 0. The summed E-state index contributed by atoms with van der Waals surface area (Å²) in [4.78, 5) is 0. The lowest BCUT2D eigenvalue weighted by atomic mass is 11.2. The molecule has 0 saturated heterocycles. The van der Waals surface area contributed by atoms with Gasteiger partial charge in [-0.15, -0.1) is 0 Å². The van der Waals surface area contributed by atoms with Crippen molar-refractivity contribution >= 4 is 16.5 Å². The third kappa shape index (κ3) is 0.833. The normalized spacial score (nSPS) is 15.9. The first-order valence-electron chi connectivity index (χ1n) is 1.66. The van der Waals surface area contributed by atoms with E-state index < -0.39 is 0 Å². The summed E-state index contributed by atoms with van der Waals surface area (Å²) in [5.74, 6) is 0. The van der Waals surface area contributed by atoms with Gasteiger partial charge in [-0.3, -0.25) is 0 Å². The minimum Gasteiger partial charge on any atom is -0.0485 e. The molecule has 4 nitrogen and oxygen atoms in total. The lowest BCUT2D eigenvalue weighted by Crippen LogP contribution is -1.80. The maximum absolute atomic E-state index is 3.53. The summed E-state index contributed by atoms with van der Waals surface area (Å²) in [5, 5.41) is 14.2. The molecule has 0 aromatic heterocycles. The predicted octanol–water partition coefficient (Wildman–Crippen LogP) is 0.619. The molecule has 0 saturated carbocycles. The molecule has 0 aliphatic carbocycles. The van der Waals surface area contributed by atoms with E-state index in [1.807, 2.05) is 6.26 Å². The molecule has 0 amide bonds. The van der Waals surface area contributed by atoms with Crippen molar-refractivity contribution in [2.75, 3.05) is 6.26 Å². The van der Waals surface area contributed by atoms with Crippen molar-refractivity contribution in [2.24, 2.45) is 20.7 Å². The van der Waals surface area contributed by atoms with Gasteiger partial charge in [0.25, 0.3) is 0 Å². The third-order valence-corrected chi connectivity index (χ3v) is 1.01. The molecule has 5 heteroatoms. The quantitative estimate of drug-likeness (QED) is 0.328. The maximum Gasteiger partial charge on any atom is 0.455 e. The minimum atomic E-state index is 0.625. The number of hydrogen-bond donors (Lipinski definition) is 0. The van der Waals surface area contributed by atoms with E-state index in [1.54, 1.807) is 0 Å². The zero-order valence-corrected chi connectivity index (χ0v) is 4.51. The van der Waals surface area contributed by atoms with Gasteiger partial charge in [0.2, 0.25) is 11.4 Å². The van der Waals surface area contributed by atoms with Crippen molar-refractivity contribution in [3.63, 3.8) is 0 Å². The van der Waals surface area contributed by atoms with Crippen LogP contribution in [-0.4, -0.2) is 11.4 Å². The fraction of sp³-hybridized carbons (Fsp3) is 0.500. The van der Waals surface area contributed by atoms with Gasteiger partial charge in [0.1, 0.15) is 0 Å². The Hall–Kier alpha value is -0.710. The minimum absolute atomic E-state index is 0.625. The van der Waals surface area contributed by atoms with Crippen molar-refractivity contribution in [3.05, 3.63) is 0 Å². The first-order valence-corrected chi connectivity index (χ1v) is 2.88. The lowest BCUT2D eigenvalue weighted by Gasteiger charge is -1.53. The molecule has 0 unspecified atom stereocenters. The highest BCUT2D eigenvalue weighted by Gasteiger charge is 2.06. The second-order valence-corrected chi connectivity index (χ2v) is 1.64. The molecule has 1 heterocycles. The summed E-state index contributed by atoms with van der Waals surface area (Å²) >= 11 is 1.43. The molecule has 1 aliphatic heterocycles. The van der Waals surface area contributed by atoms with E-state index in [-0.39, 0.29) is 0 Å². The van der Waals surface area contributed by atoms with Crippen LogP contribution in [0.25, 0.3) is 0 Å². The van der Waals surface area contributed by atoms with Crippen LogP contribution in [0.4, 0.5) is 0 Å². The number of nitrogens with zero attached hydrogens (tertiary/aromatic N) is 4. The van der Waals surface area contributed by atoms with Crippen LogP contribution in [0.15, 0.2) is 20.7 Å². The largest absolute Gasteiger partial charge is 0.455 e. The molecule has 0 aromatic rings. The molecule has 0 bridgehead atoms. The molecule has 0 atom stereocenters. The Balaban J connectivity index is 2.79. The predicted molar refractivity (Wildman–Crippen MR) is 28.0 cm³/mol. The Labute approximate surface area is 44.3 Å². The average Bonchev–Trinajstić information content (AvgIpc) is 2.14. The first kappa shape index (κ1) is 4.45. The summed E-state index contributed by atoms with van der Waals surface area (Å²) in [5.41, 5.74) is 0. The molecule has 1 rings (SSSR count). The van der Waals surface area contributed by atoms with E-state index in [1.165, 1.54) is 11.4 Å². The summed E-state index contributed by atoms with van der Waals surface area (Å²) in [6.45, 7) is 0. The fourth-order valence-corrected chi connectivity index (χ4v) is 0.454. The van der Waals surface area contributed by atoms with Crippen LogP contribution >= 0.6 is 0 Å². The van der Waals surface area contributed by atoms with Gasteiger partial charge in [0.05, 0.1) is 0 Å². The molecule has 1 aliphatic rings. The standard InChI is InChI=1S/C2H3N4S/c1-7-2-3-5-6-4-2/h1H3/q+1. The summed E-state index contributed by atoms with van der Waals surface area (Å²) in [7, 11) is 0. The maximum atomic E-state index is 3.53. The van der Waals surface area contributed by atoms with E-state index in [0.29, 0.717) is 5.11 Å². The van der Waals surface area contributed by atoms with Crippen molar-refractivity contribution < 1.29 is 0 Å². The van der Waals surface area contributed by atoms with Crippen LogP contribution in [0, 0.1) is 0 Å². The second kappa shape index (κ2) is 1.83. The summed E-state index contributed by atoms with van der Waals surface area (Å²) in [6.07, 6.45) is 1.87. The Kier molecular flexibility index (Phi) is 1.16. The Morgan fingerprint density at radius 3 is 2.14 bits per heavy atom. The van der Waals surface area contributed by atoms with Gasteiger partial charge < -0.3 is 0 Å². The average molecular weight is 115 g/mol. The van der Waals surface area contributed by atoms with Gasteiger partial charge in [-0.1, -0.05) is 0 Å². The first-order chi connectivity index (χ1) is 3.43. The Morgan fingerprint density at radius 2 is 1.86 bits per heavy atom. The second-order valence-electron chi connectivity index (χ2n) is 0.866. The van der Waals surface area contributed by atoms with Crippen molar-refractivity contribution in [2.45, 2.75) is 0 Å². The van der Waals surface area contributed by atoms with Gasteiger partial charge in [0.15, 0.2) is 6.26 Å². The molecule has 0 fully saturated rings. The van der Waals surface area contributed by atoms with E-state index in [0.717, 1.165) is 0 Å². The molecule has 0 spiro atoms. The monoisotopic (exact) mass is 115 g/mol. The van der Waals surface area contributed by atoms with Gasteiger partial charge in [-0.2, -0.15) is 0 Å². The van der Waals surface area contributed by atoms with Crippen LogP contribution in [-0.2, 0) is 11.4 Å². The van der Waals surface area contributed by atoms with Crippen LogP contribution in [0.3, 0.4) is 0 Å². The van der Waals surface area contributed by atoms with E-state index in [2.05, 4.69) is 20.7 Å². The van der Waals surface area contributed by atoms with Gasteiger partial charge in [0, 0.05) is 0 Å². The zero-order chi connectivity index (χ0) is 5.11. The van der Waals surface area contributed by atoms with Crippen molar-refractivity contribution in [3.8, 4) is 0 Å². The van der Waals surface area contributed by atoms with Gasteiger partial charge in [-0.25, -0.2) is 0 Å². The zero-order valence-electron chi connectivity index (χ0n) is 3.70. The SMILES string of the molecule is C[S+]=C1N=NN=N1. The smallest absolute Gasteiger partial charge is 0.0485 e. The van der Waals surface area contributed by atoms with Crippen LogP contribution < -0.4 is 0 Å². The Morgan fingerprint density at radius 1 is 1.29 bits per heavy atom. The fourth-order valence-electron chi connectivity index (χ4n) is 0.218. The van der Waals surface area contributed by atoms with E-state index in [4.69, 9.17) is 0 Å². The highest BCUT2D eigenvalue weighted by atomic mass is 32.1. The summed E-state index contributed by atoms with van der Waals surface area (Å²) < 4.78 is 0. The van der Waals surface area contributed by atoms with Crippen molar-refractivity contribution in [1.29, 1.82) is 0 Å². The highest BCUT2D eigenvalue weighted by Crippen LogP contribution is 1.93. The Bertz CT molecular complexity index is 132. The molecule has 0 N–H and O–H groups in total. The molecule has 7 heavy (non-hydrogen) atoms. The molecule has 0 aromatic carbocycles. The van der Waals surface area contributed by atoms with E-state index >= 15 is 0 Å². The third-order valence-electron chi connectivity index (χ3n) is 0.483. The van der Waals surface area contributed by atoms with Crippen LogP contribution in [0.1, 0.15) is 0 Å². The van der Waals surface area contributed by atoms with Crippen LogP contribution in [0.2, 0.25) is 0 Å². The van der Waals surface area contributed by atoms with Gasteiger partial charge >= 0.3 is 5.11 Å². The topological polar surface area (TPSA) is 49.4 Å². The highest BCUT2D eigenvalue weighted by molar-refractivity contribution is 7.77. The molecular weight excluding hydrogens is 112 g/mol. The van der Waals surface area contributed by atoms with Crippen LogP contribution in [0.5, 0.6) is 0 Å². The number of rotatable bonds is 0. The molecular formula is C2H3N4S+. The molecule has 0 radical (unpaired) electrons. The van der Waals surface area contributed by atoms with Crippen molar-refractivity contribution in [1.82, 2.24) is 0 Å². The van der Waals surface area contributed by atoms with E-state index in [9.17, 15) is 0 Å². The lowest BCUT2D eigenvalue weighted by molar-refractivity contribution is 1.06. The van der Waals surface area contributed by atoms with Gasteiger partial charge in [-0.05, 0) is 20.7 Å². The molecule has 36 valence electrons. The number of hydrogen-bond acceptors (Lipinski definition) is 2.